The molecule has 0 radical (unpaired) electrons. The molecule has 4 heteroatoms. The van der Waals surface area contributed by atoms with Gasteiger partial charge in [-0.05, 0) is 12.8 Å². The van der Waals surface area contributed by atoms with Crippen molar-refractivity contribution < 1.29 is 9.84 Å². The van der Waals surface area contributed by atoms with Crippen molar-refractivity contribution in [1.29, 1.82) is 0 Å². The van der Waals surface area contributed by atoms with Crippen LogP contribution in [0.5, 0.6) is 0 Å². The van der Waals surface area contributed by atoms with Gasteiger partial charge in [-0.15, -0.1) is 12.4 Å². The Labute approximate surface area is 72.5 Å². The van der Waals surface area contributed by atoms with Gasteiger partial charge < -0.3 is 15.2 Å². The minimum Gasteiger partial charge on any atom is -0.390 e. The molecule has 0 aromatic heterocycles. The molecule has 1 unspecified atom stereocenters. The van der Waals surface area contributed by atoms with Gasteiger partial charge in [0.2, 0.25) is 0 Å². The Bertz CT molecular complexity index is 136. The molecule has 11 heavy (non-hydrogen) atoms. The van der Waals surface area contributed by atoms with Crippen LogP contribution in [0.1, 0.15) is 12.8 Å². The van der Waals surface area contributed by atoms with Crippen LogP contribution in [-0.2, 0) is 4.74 Å². The molecule has 2 N–H and O–H groups in total. The molecular weight excluding hydrogens is 166 g/mol. The molecule has 2 fully saturated rings. The zero-order valence-corrected chi connectivity index (χ0v) is 7.19. The first-order valence-corrected chi connectivity index (χ1v) is 3.84. The van der Waals surface area contributed by atoms with Crippen molar-refractivity contribution in [3.05, 3.63) is 0 Å². The van der Waals surface area contributed by atoms with E-state index in [-0.39, 0.29) is 24.0 Å². The fourth-order valence-corrected chi connectivity index (χ4v) is 1.73. The van der Waals surface area contributed by atoms with Crippen molar-refractivity contribution in [2.75, 3.05) is 19.8 Å². The van der Waals surface area contributed by atoms with E-state index in [1.54, 1.807) is 0 Å². The van der Waals surface area contributed by atoms with E-state index in [4.69, 9.17) is 4.74 Å². The second-order valence-corrected chi connectivity index (χ2v) is 3.17. The summed E-state index contributed by atoms with van der Waals surface area (Å²) in [5.41, 5.74) is 0.0399. The van der Waals surface area contributed by atoms with Gasteiger partial charge in [-0.25, -0.2) is 0 Å². The highest BCUT2D eigenvalue weighted by atomic mass is 35.5. The van der Waals surface area contributed by atoms with Gasteiger partial charge in [0.05, 0.1) is 6.10 Å². The van der Waals surface area contributed by atoms with Gasteiger partial charge in [-0.2, -0.15) is 0 Å². The molecule has 0 aromatic carbocycles. The quantitative estimate of drug-likeness (QED) is 0.547. The number of hydrogen-bond donors (Lipinski definition) is 2. The molecule has 66 valence electrons. The van der Waals surface area contributed by atoms with Crippen LogP contribution in [0.2, 0.25) is 0 Å². The molecule has 3 nitrogen and oxygen atoms in total. The molecule has 2 aliphatic rings. The van der Waals surface area contributed by atoms with Gasteiger partial charge in [0.15, 0.2) is 0 Å². The third-order valence-electron chi connectivity index (χ3n) is 2.67. The van der Waals surface area contributed by atoms with Crippen molar-refractivity contribution in [2.24, 2.45) is 0 Å². The van der Waals surface area contributed by atoms with Gasteiger partial charge >= 0.3 is 0 Å². The van der Waals surface area contributed by atoms with Crippen LogP contribution >= 0.6 is 12.4 Å². The lowest BCUT2D eigenvalue weighted by Gasteiger charge is -2.50. The fraction of sp³-hybridized carbons (Fsp3) is 1.00. The maximum atomic E-state index is 9.41. The third-order valence-corrected chi connectivity index (χ3v) is 2.67. The Morgan fingerprint density at radius 3 is 2.27 bits per heavy atom. The van der Waals surface area contributed by atoms with Crippen molar-refractivity contribution >= 4 is 12.4 Å². The summed E-state index contributed by atoms with van der Waals surface area (Å²) in [5.74, 6) is 0. The summed E-state index contributed by atoms with van der Waals surface area (Å²) in [6.07, 6.45) is 1.80. The zero-order chi connectivity index (χ0) is 7.03. The summed E-state index contributed by atoms with van der Waals surface area (Å²) in [5, 5.41) is 12.7. The highest BCUT2D eigenvalue weighted by molar-refractivity contribution is 5.85. The molecule has 2 heterocycles. The van der Waals surface area contributed by atoms with Crippen molar-refractivity contribution in [1.82, 2.24) is 5.32 Å². The van der Waals surface area contributed by atoms with Crippen LogP contribution in [-0.4, -0.2) is 36.5 Å². The van der Waals surface area contributed by atoms with Crippen LogP contribution in [0.25, 0.3) is 0 Å². The normalized spacial score (nSPS) is 34.1. The number of aliphatic hydroxyl groups excluding tert-OH is 1. The summed E-state index contributed by atoms with van der Waals surface area (Å²) < 4.78 is 5.20. The number of β-amino-alcohol motifs (C(OH)–C–C–N with tert-alkyl or cyclic N) is 1. The second kappa shape index (κ2) is 3.27. The van der Waals surface area contributed by atoms with Crippen LogP contribution < -0.4 is 5.32 Å². The van der Waals surface area contributed by atoms with E-state index in [2.05, 4.69) is 5.32 Å². The Morgan fingerprint density at radius 2 is 2.00 bits per heavy atom. The molecule has 0 aromatic rings. The summed E-state index contributed by atoms with van der Waals surface area (Å²) in [4.78, 5) is 0. The van der Waals surface area contributed by atoms with E-state index in [0.717, 1.165) is 32.6 Å². The minimum absolute atomic E-state index is 0. The first-order valence-electron chi connectivity index (χ1n) is 3.84. The molecule has 2 saturated heterocycles. The second-order valence-electron chi connectivity index (χ2n) is 3.17. The smallest absolute Gasteiger partial charge is 0.0847 e. The Kier molecular flexibility index (Phi) is 2.75. The number of rotatable bonds is 0. The third kappa shape index (κ3) is 1.38. The van der Waals surface area contributed by atoms with Crippen molar-refractivity contribution in [3.63, 3.8) is 0 Å². The Morgan fingerprint density at radius 1 is 1.36 bits per heavy atom. The average molecular weight is 180 g/mol. The van der Waals surface area contributed by atoms with Crippen molar-refractivity contribution in [2.45, 2.75) is 24.5 Å². The average Bonchev–Trinajstić information content (AvgIpc) is 2.04. The summed E-state index contributed by atoms with van der Waals surface area (Å²) in [6, 6.07) is 0. The van der Waals surface area contributed by atoms with Crippen LogP contribution in [0.3, 0.4) is 0 Å². The Hall–Kier alpha value is 0.170. The van der Waals surface area contributed by atoms with E-state index >= 15 is 0 Å². The maximum absolute atomic E-state index is 9.41. The number of halogens is 1. The number of aliphatic hydroxyl groups is 1. The summed E-state index contributed by atoms with van der Waals surface area (Å²) in [6.45, 7) is 2.36. The molecule has 0 saturated carbocycles. The maximum Gasteiger partial charge on any atom is 0.0847 e. The predicted octanol–water partition coefficient (Wildman–Crippen LogP) is -0.0785. The van der Waals surface area contributed by atoms with Crippen LogP contribution in [0.15, 0.2) is 0 Å². The predicted molar refractivity (Wildman–Crippen MR) is 44.0 cm³/mol. The number of ether oxygens (including phenoxy) is 1. The summed E-state index contributed by atoms with van der Waals surface area (Å²) in [7, 11) is 0. The molecule has 2 aliphatic heterocycles. The molecule has 1 atom stereocenters. The van der Waals surface area contributed by atoms with E-state index < -0.39 is 0 Å². The topological polar surface area (TPSA) is 41.5 Å². The lowest BCUT2D eigenvalue weighted by Crippen LogP contribution is -2.70. The number of nitrogens with one attached hydrogen (secondary N) is 1. The zero-order valence-electron chi connectivity index (χ0n) is 6.38. The minimum atomic E-state index is -0.128. The summed E-state index contributed by atoms with van der Waals surface area (Å²) >= 11 is 0. The highest BCUT2D eigenvalue weighted by Crippen LogP contribution is 2.30. The molecular formula is C7H14ClNO2. The standard InChI is InChI=1S/C7H13NO2.ClH/c9-6-5-8-7(6)1-3-10-4-2-7;/h6,8-9H,1-5H2;1H. The molecule has 0 aliphatic carbocycles. The largest absolute Gasteiger partial charge is 0.390 e. The molecule has 2 rings (SSSR count). The Balaban J connectivity index is 0.000000605. The van der Waals surface area contributed by atoms with Gasteiger partial charge in [0, 0.05) is 25.3 Å². The van der Waals surface area contributed by atoms with E-state index in [9.17, 15) is 5.11 Å². The van der Waals surface area contributed by atoms with E-state index in [1.165, 1.54) is 0 Å². The SMILES string of the molecule is Cl.OC1CNC12CCOCC2. The lowest BCUT2D eigenvalue weighted by atomic mass is 9.78. The lowest BCUT2D eigenvalue weighted by molar-refractivity contribution is -0.0778. The van der Waals surface area contributed by atoms with E-state index in [1.807, 2.05) is 0 Å². The van der Waals surface area contributed by atoms with Gasteiger partial charge in [-0.3, -0.25) is 0 Å². The van der Waals surface area contributed by atoms with E-state index in [0.29, 0.717) is 0 Å². The monoisotopic (exact) mass is 179 g/mol. The first kappa shape index (κ1) is 9.26. The fourth-order valence-electron chi connectivity index (χ4n) is 1.73. The van der Waals surface area contributed by atoms with Gasteiger partial charge in [-0.1, -0.05) is 0 Å². The van der Waals surface area contributed by atoms with Crippen molar-refractivity contribution in [3.8, 4) is 0 Å². The molecule has 0 bridgehead atoms. The van der Waals surface area contributed by atoms with Gasteiger partial charge in [0.25, 0.3) is 0 Å². The first-order chi connectivity index (χ1) is 4.83. The molecule has 0 amide bonds. The highest BCUT2D eigenvalue weighted by Gasteiger charge is 2.46. The van der Waals surface area contributed by atoms with Crippen LogP contribution in [0.4, 0.5) is 0 Å². The number of hydrogen-bond acceptors (Lipinski definition) is 3. The van der Waals surface area contributed by atoms with Gasteiger partial charge in [0.1, 0.15) is 0 Å². The molecule has 1 spiro atoms. The van der Waals surface area contributed by atoms with Crippen LogP contribution in [0, 0.1) is 0 Å².